The van der Waals surface area contributed by atoms with E-state index in [1.54, 1.807) is 0 Å². The quantitative estimate of drug-likeness (QED) is 0.460. The van der Waals surface area contributed by atoms with E-state index >= 15 is 0 Å². The van der Waals surface area contributed by atoms with Crippen molar-refractivity contribution in [1.29, 1.82) is 0 Å². The molecule has 5 heteroatoms. The molecule has 0 fully saturated rings. The number of hydrogen-bond acceptors (Lipinski definition) is 5. The molecule has 0 aromatic heterocycles. The number of hydrogen-bond donors (Lipinski definition) is 3. The van der Waals surface area contributed by atoms with E-state index in [2.05, 4.69) is 17.0 Å². The monoisotopic (exact) mass is 180 g/mol. The fourth-order valence-corrected chi connectivity index (χ4v) is 0.817. The Morgan fingerprint density at radius 2 is 2.09 bits per heavy atom. The number of ether oxygens (including phenoxy) is 1. The first-order chi connectivity index (χ1) is 5.13. The van der Waals surface area contributed by atoms with E-state index in [0.29, 0.717) is 0 Å². The van der Waals surface area contributed by atoms with Gasteiger partial charge in [0, 0.05) is 12.0 Å². The number of rotatable bonds is 5. The van der Waals surface area contributed by atoms with E-state index < -0.39 is 18.8 Å². The average Bonchev–Trinajstić information content (AvgIpc) is 2.02. The molecule has 0 unspecified atom stereocenters. The third-order valence-electron chi connectivity index (χ3n) is 1.17. The fourth-order valence-electron chi connectivity index (χ4n) is 0.542. The van der Waals surface area contributed by atoms with Gasteiger partial charge in [-0.15, -0.1) is 0 Å². The minimum Gasteiger partial charge on any atom is -0.394 e. The fraction of sp³-hybridized carbons (Fsp3) is 0.833. The van der Waals surface area contributed by atoms with Gasteiger partial charge < -0.3 is 20.1 Å². The van der Waals surface area contributed by atoms with Crippen molar-refractivity contribution in [3.8, 4) is 0 Å². The summed E-state index contributed by atoms with van der Waals surface area (Å²) >= 11 is 4.67. The van der Waals surface area contributed by atoms with Crippen molar-refractivity contribution in [3.63, 3.8) is 0 Å². The zero-order valence-corrected chi connectivity index (χ0v) is 7.04. The molecular formula is C6H12O4S. The van der Waals surface area contributed by atoms with Gasteiger partial charge in [0.25, 0.3) is 0 Å². The van der Waals surface area contributed by atoms with Gasteiger partial charge in [0.05, 0.1) is 13.2 Å². The van der Waals surface area contributed by atoms with Gasteiger partial charge in [-0.25, -0.2) is 0 Å². The van der Waals surface area contributed by atoms with Gasteiger partial charge in [0.2, 0.25) is 0 Å². The molecule has 0 heterocycles. The van der Waals surface area contributed by atoms with Crippen LogP contribution in [0.5, 0.6) is 0 Å². The van der Waals surface area contributed by atoms with Crippen LogP contribution in [0.4, 0.5) is 0 Å². The van der Waals surface area contributed by atoms with E-state index in [-0.39, 0.29) is 11.5 Å². The van der Waals surface area contributed by atoms with Crippen LogP contribution >= 0.6 is 12.2 Å². The Bertz CT molecular complexity index is 128. The van der Waals surface area contributed by atoms with Crippen LogP contribution in [0.15, 0.2) is 0 Å². The van der Waals surface area contributed by atoms with Gasteiger partial charge in [-0.05, 0) is 0 Å². The standard InChI is InChI=1S/C6H12O4S/c1-10-3-5(11)6(9)4(8)2-7/h4,6-9H,2-3H2,1H3/t4-,6-/m1/s1. The Labute approximate surface area is 70.4 Å². The summed E-state index contributed by atoms with van der Waals surface area (Å²) in [5, 5.41) is 26.4. The predicted molar refractivity (Wildman–Crippen MR) is 43.6 cm³/mol. The van der Waals surface area contributed by atoms with Crippen LogP contribution in [0.25, 0.3) is 0 Å². The summed E-state index contributed by atoms with van der Waals surface area (Å²) in [5.41, 5.74) is 0. The summed E-state index contributed by atoms with van der Waals surface area (Å²) in [6, 6.07) is 0. The molecule has 0 aromatic carbocycles. The maximum absolute atomic E-state index is 9.09. The SMILES string of the molecule is COCC(=S)[C@H](O)[C@H](O)CO. The van der Waals surface area contributed by atoms with Crippen LogP contribution in [0, 0.1) is 0 Å². The predicted octanol–water partition coefficient (Wildman–Crippen LogP) is -1.28. The first-order valence-corrected chi connectivity index (χ1v) is 3.53. The molecule has 0 aliphatic heterocycles. The lowest BCUT2D eigenvalue weighted by Gasteiger charge is -2.15. The zero-order valence-electron chi connectivity index (χ0n) is 6.23. The molecule has 0 bridgehead atoms. The van der Waals surface area contributed by atoms with Gasteiger partial charge in [-0.3, -0.25) is 0 Å². The zero-order chi connectivity index (χ0) is 8.85. The second-order valence-corrected chi connectivity index (χ2v) is 2.62. The smallest absolute Gasteiger partial charge is 0.116 e. The summed E-state index contributed by atoms with van der Waals surface area (Å²) in [6.45, 7) is -0.404. The Balaban J connectivity index is 3.80. The third kappa shape index (κ3) is 3.74. The van der Waals surface area contributed by atoms with Crippen molar-refractivity contribution in [2.24, 2.45) is 0 Å². The molecule has 0 saturated carbocycles. The molecule has 0 saturated heterocycles. The van der Waals surface area contributed by atoms with Gasteiger partial charge in [0.1, 0.15) is 12.2 Å². The van der Waals surface area contributed by atoms with E-state index in [0.717, 1.165) is 0 Å². The Morgan fingerprint density at radius 1 is 1.55 bits per heavy atom. The van der Waals surface area contributed by atoms with Crippen molar-refractivity contribution in [2.75, 3.05) is 20.3 Å². The van der Waals surface area contributed by atoms with Crippen LogP contribution < -0.4 is 0 Å². The van der Waals surface area contributed by atoms with E-state index in [4.69, 9.17) is 15.3 Å². The van der Waals surface area contributed by atoms with Crippen molar-refractivity contribution >= 4 is 17.1 Å². The van der Waals surface area contributed by atoms with E-state index in [9.17, 15) is 0 Å². The highest BCUT2D eigenvalue weighted by atomic mass is 32.1. The van der Waals surface area contributed by atoms with Gasteiger partial charge in [-0.1, -0.05) is 12.2 Å². The molecule has 0 aromatic rings. The molecule has 0 rings (SSSR count). The molecule has 0 amide bonds. The molecule has 3 N–H and O–H groups in total. The molecule has 0 aliphatic carbocycles. The van der Waals surface area contributed by atoms with Crippen molar-refractivity contribution < 1.29 is 20.1 Å². The van der Waals surface area contributed by atoms with Crippen molar-refractivity contribution in [1.82, 2.24) is 0 Å². The minimum absolute atomic E-state index is 0.105. The molecule has 0 aliphatic rings. The van der Waals surface area contributed by atoms with Crippen LogP contribution in [0.3, 0.4) is 0 Å². The Morgan fingerprint density at radius 3 is 2.45 bits per heavy atom. The molecular weight excluding hydrogens is 168 g/mol. The lowest BCUT2D eigenvalue weighted by molar-refractivity contribution is 0.0169. The molecule has 2 atom stereocenters. The highest BCUT2D eigenvalue weighted by Gasteiger charge is 2.19. The second kappa shape index (κ2) is 5.56. The molecule has 0 radical (unpaired) electrons. The number of thiocarbonyl (C=S) groups is 1. The number of aliphatic hydroxyl groups excluding tert-OH is 3. The summed E-state index contributed by atoms with van der Waals surface area (Å²) in [4.78, 5) is 0.189. The maximum Gasteiger partial charge on any atom is 0.116 e. The number of aliphatic hydroxyl groups is 3. The average molecular weight is 180 g/mol. The highest BCUT2D eigenvalue weighted by molar-refractivity contribution is 7.80. The summed E-state index contributed by atoms with van der Waals surface area (Å²) in [6.07, 6.45) is -2.40. The summed E-state index contributed by atoms with van der Waals surface area (Å²) in [5.74, 6) is 0. The number of methoxy groups -OCH3 is 1. The second-order valence-electron chi connectivity index (χ2n) is 2.09. The van der Waals surface area contributed by atoms with Crippen LogP contribution in [0.2, 0.25) is 0 Å². The lowest BCUT2D eigenvalue weighted by atomic mass is 10.1. The molecule has 11 heavy (non-hydrogen) atoms. The Kier molecular flexibility index (Phi) is 5.53. The first-order valence-electron chi connectivity index (χ1n) is 3.12. The topological polar surface area (TPSA) is 69.9 Å². The van der Waals surface area contributed by atoms with Gasteiger partial charge >= 0.3 is 0 Å². The van der Waals surface area contributed by atoms with Crippen molar-refractivity contribution in [2.45, 2.75) is 12.2 Å². The van der Waals surface area contributed by atoms with Crippen molar-refractivity contribution in [3.05, 3.63) is 0 Å². The maximum atomic E-state index is 9.09. The Hall–Kier alpha value is -0.0700. The van der Waals surface area contributed by atoms with Gasteiger partial charge in [0.15, 0.2) is 0 Å². The molecule has 4 nitrogen and oxygen atoms in total. The molecule has 0 spiro atoms. The summed E-state index contributed by atoms with van der Waals surface area (Å²) < 4.78 is 4.63. The van der Waals surface area contributed by atoms with E-state index in [1.807, 2.05) is 0 Å². The minimum atomic E-state index is -1.21. The van der Waals surface area contributed by atoms with Crippen LogP contribution in [0.1, 0.15) is 0 Å². The normalized spacial score (nSPS) is 16.0. The summed E-state index contributed by atoms with van der Waals surface area (Å²) in [7, 11) is 1.43. The van der Waals surface area contributed by atoms with Crippen LogP contribution in [-0.2, 0) is 4.74 Å². The molecule has 66 valence electrons. The van der Waals surface area contributed by atoms with Gasteiger partial charge in [-0.2, -0.15) is 0 Å². The third-order valence-corrected chi connectivity index (χ3v) is 1.53. The van der Waals surface area contributed by atoms with E-state index in [1.165, 1.54) is 7.11 Å². The van der Waals surface area contributed by atoms with Crippen LogP contribution in [-0.4, -0.2) is 52.7 Å². The lowest BCUT2D eigenvalue weighted by Crippen LogP contribution is -2.37. The largest absolute Gasteiger partial charge is 0.394 e. The first kappa shape index (κ1) is 10.9. The highest BCUT2D eigenvalue weighted by Crippen LogP contribution is 1.96.